The highest BCUT2D eigenvalue weighted by molar-refractivity contribution is 5.00. The Balaban J connectivity index is 1.18. The second-order valence-corrected chi connectivity index (χ2v) is 10.5. The van der Waals surface area contributed by atoms with Crippen molar-refractivity contribution in [2.24, 2.45) is 22.7 Å². The molecule has 0 radical (unpaired) electrons. The highest BCUT2D eigenvalue weighted by atomic mass is 15.2. The van der Waals surface area contributed by atoms with E-state index in [1.54, 1.807) is 0 Å². The number of nitrogens with zero attached hydrogens (tertiary/aromatic N) is 3. The molecule has 3 heterocycles. The maximum Gasteiger partial charge on any atom is 0.00516 e. The first-order valence-corrected chi connectivity index (χ1v) is 10.6. The van der Waals surface area contributed by atoms with Crippen LogP contribution in [0.15, 0.2) is 0 Å². The highest BCUT2D eigenvalue weighted by Gasteiger charge is 2.46. The monoisotopic (exact) mass is 333 g/mol. The van der Waals surface area contributed by atoms with E-state index in [4.69, 9.17) is 0 Å². The standard InChI is InChI=1S/C21H39N3/c1-18(2)12-20(5-6-20)15-23-9-4-19(13-23)14-24-16-21(17-24)7-10-22(3)11-8-21/h18-19H,4-17H2,1-3H3/t19-/m1/s1. The van der Waals surface area contributed by atoms with Crippen LogP contribution in [0.1, 0.15) is 52.4 Å². The van der Waals surface area contributed by atoms with E-state index in [1.807, 2.05) is 0 Å². The largest absolute Gasteiger partial charge is 0.306 e. The summed E-state index contributed by atoms with van der Waals surface area (Å²) in [4.78, 5) is 8.10. The predicted molar refractivity (Wildman–Crippen MR) is 101 cm³/mol. The molecule has 0 unspecified atom stereocenters. The van der Waals surface area contributed by atoms with Gasteiger partial charge in [0.25, 0.3) is 0 Å². The average molecular weight is 334 g/mol. The van der Waals surface area contributed by atoms with Crippen LogP contribution in [-0.4, -0.2) is 74.1 Å². The fourth-order valence-electron chi connectivity index (χ4n) is 5.96. The van der Waals surface area contributed by atoms with Crippen molar-refractivity contribution in [1.82, 2.24) is 14.7 Å². The second-order valence-electron chi connectivity index (χ2n) is 10.5. The fourth-order valence-corrected chi connectivity index (χ4v) is 5.96. The minimum absolute atomic E-state index is 0.708. The Hall–Kier alpha value is -0.120. The molecule has 0 aromatic heterocycles. The van der Waals surface area contributed by atoms with Crippen LogP contribution in [0, 0.1) is 22.7 Å². The molecule has 3 saturated heterocycles. The van der Waals surface area contributed by atoms with E-state index in [-0.39, 0.29) is 0 Å². The average Bonchev–Trinajstić information content (AvgIpc) is 3.08. The van der Waals surface area contributed by atoms with Crippen LogP contribution in [0.25, 0.3) is 0 Å². The van der Waals surface area contributed by atoms with Gasteiger partial charge in [-0.05, 0) is 87.9 Å². The third kappa shape index (κ3) is 3.83. The van der Waals surface area contributed by atoms with Crippen molar-refractivity contribution in [1.29, 1.82) is 0 Å². The lowest BCUT2D eigenvalue weighted by atomic mass is 9.72. The summed E-state index contributed by atoms with van der Waals surface area (Å²) in [5.41, 5.74) is 1.43. The fraction of sp³-hybridized carbons (Fsp3) is 1.00. The Morgan fingerprint density at radius 3 is 2.29 bits per heavy atom. The van der Waals surface area contributed by atoms with Crippen LogP contribution in [0.3, 0.4) is 0 Å². The first-order valence-electron chi connectivity index (χ1n) is 10.6. The molecule has 1 aliphatic carbocycles. The molecule has 1 spiro atoms. The van der Waals surface area contributed by atoms with Crippen molar-refractivity contribution in [3.8, 4) is 0 Å². The summed E-state index contributed by atoms with van der Waals surface area (Å²) in [5, 5.41) is 0. The van der Waals surface area contributed by atoms with Crippen LogP contribution in [-0.2, 0) is 0 Å². The Labute approximate surface area is 149 Å². The van der Waals surface area contributed by atoms with E-state index in [1.165, 1.54) is 90.9 Å². The summed E-state index contributed by atoms with van der Waals surface area (Å²) in [6.45, 7) is 15.8. The molecule has 4 rings (SSSR count). The molecule has 138 valence electrons. The Morgan fingerprint density at radius 2 is 1.67 bits per heavy atom. The summed E-state index contributed by atoms with van der Waals surface area (Å²) in [7, 11) is 2.28. The molecule has 24 heavy (non-hydrogen) atoms. The molecule has 0 aromatic carbocycles. The summed E-state index contributed by atoms with van der Waals surface area (Å²) in [6.07, 6.45) is 8.77. The lowest BCUT2D eigenvalue weighted by Crippen LogP contribution is -2.60. The van der Waals surface area contributed by atoms with Gasteiger partial charge < -0.3 is 14.7 Å². The SMILES string of the molecule is CC(C)CC1(CN2CC[C@@H](CN3CC4(CCN(C)CC4)C3)C2)CC1. The number of piperidine rings is 1. The van der Waals surface area contributed by atoms with Crippen molar-refractivity contribution in [2.45, 2.75) is 52.4 Å². The molecular formula is C21H39N3. The Morgan fingerprint density at radius 1 is 0.958 bits per heavy atom. The molecule has 1 atom stereocenters. The summed E-state index contributed by atoms with van der Waals surface area (Å²) in [5.74, 6) is 1.82. The van der Waals surface area contributed by atoms with E-state index < -0.39 is 0 Å². The van der Waals surface area contributed by atoms with Crippen LogP contribution in [0.4, 0.5) is 0 Å². The predicted octanol–water partition coefficient (Wildman–Crippen LogP) is 3.16. The number of rotatable bonds is 6. The quantitative estimate of drug-likeness (QED) is 0.739. The van der Waals surface area contributed by atoms with Gasteiger partial charge >= 0.3 is 0 Å². The van der Waals surface area contributed by atoms with Gasteiger partial charge in [-0.2, -0.15) is 0 Å². The molecule has 0 aromatic rings. The summed E-state index contributed by atoms with van der Waals surface area (Å²) >= 11 is 0. The maximum absolute atomic E-state index is 2.81. The molecule has 4 aliphatic rings. The van der Waals surface area contributed by atoms with E-state index in [0.29, 0.717) is 5.41 Å². The minimum Gasteiger partial charge on any atom is -0.306 e. The van der Waals surface area contributed by atoms with E-state index >= 15 is 0 Å². The zero-order valence-corrected chi connectivity index (χ0v) is 16.4. The van der Waals surface area contributed by atoms with Crippen LogP contribution < -0.4 is 0 Å². The van der Waals surface area contributed by atoms with Gasteiger partial charge in [-0.15, -0.1) is 0 Å². The molecule has 1 saturated carbocycles. The molecule has 4 fully saturated rings. The van der Waals surface area contributed by atoms with Gasteiger partial charge in [0.15, 0.2) is 0 Å². The number of hydrogen-bond donors (Lipinski definition) is 0. The van der Waals surface area contributed by atoms with Crippen molar-refractivity contribution in [3.05, 3.63) is 0 Å². The van der Waals surface area contributed by atoms with Crippen LogP contribution >= 0.6 is 0 Å². The van der Waals surface area contributed by atoms with Crippen LogP contribution in [0.2, 0.25) is 0 Å². The van der Waals surface area contributed by atoms with Crippen LogP contribution in [0.5, 0.6) is 0 Å². The van der Waals surface area contributed by atoms with Gasteiger partial charge in [0, 0.05) is 32.7 Å². The van der Waals surface area contributed by atoms with Gasteiger partial charge in [-0.1, -0.05) is 13.8 Å². The van der Waals surface area contributed by atoms with Gasteiger partial charge in [0.2, 0.25) is 0 Å². The highest BCUT2D eigenvalue weighted by Crippen LogP contribution is 2.51. The normalized spacial score (nSPS) is 33.2. The lowest BCUT2D eigenvalue weighted by Gasteiger charge is -2.54. The zero-order chi connectivity index (χ0) is 16.8. The van der Waals surface area contributed by atoms with E-state index in [0.717, 1.165) is 17.3 Å². The number of hydrogen-bond acceptors (Lipinski definition) is 3. The molecule has 3 nitrogen and oxygen atoms in total. The summed E-state index contributed by atoms with van der Waals surface area (Å²) in [6, 6.07) is 0. The molecule has 0 bridgehead atoms. The third-order valence-corrected chi connectivity index (χ3v) is 7.41. The maximum atomic E-state index is 2.81. The molecule has 0 amide bonds. The smallest absolute Gasteiger partial charge is 0.00516 e. The first-order chi connectivity index (χ1) is 11.5. The number of likely N-dealkylation sites (tertiary alicyclic amines) is 3. The van der Waals surface area contributed by atoms with E-state index in [2.05, 4.69) is 35.6 Å². The van der Waals surface area contributed by atoms with Gasteiger partial charge in [-0.25, -0.2) is 0 Å². The van der Waals surface area contributed by atoms with Crippen molar-refractivity contribution in [3.63, 3.8) is 0 Å². The van der Waals surface area contributed by atoms with Crippen molar-refractivity contribution in [2.75, 3.05) is 59.4 Å². The Kier molecular flexibility index (Phi) is 4.73. The summed E-state index contributed by atoms with van der Waals surface area (Å²) < 4.78 is 0. The van der Waals surface area contributed by atoms with Crippen molar-refractivity contribution < 1.29 is 0 Å². The molecular weight excluding hydrogens is 294 g/mol. The van der Waals surface area contributed by atoms with Crippen molar-refractivity contribution >= 4 is 0 Å². The van der Waals surface area contributed by atoms with E-state index in [9.17, 15) is 0 Å². The zero-order valence-electron chi connectivity index (χ0n) is 16.4. The Bertz CT molecular complexity index is 426. The first kappa shape index (κ1) is 17.3. The molecule has 0 N–H and O–H groups in total. The minimum atomic E-state index is 0.708. The topological polar surface area (TPSA) is 9.72 Å². The third-order valence-electron chi connectivity index (χ3n) is 7.41. The van der Waals surface area contributed by atoms with Gasteiger partial charge in [0.05, 0.1) is 0 Å². The second kappa shape index (κ2) is 6.55. The van der Waals surface area contributed by atoms with Gasteiger partial charge in [0.1, 0.15) is 0 Å². The van der Waals surface area contributed by atoms with Gasteiger partial charge in [-0.3, -0.25) is 0 Å². The molecule has 3 aliphatic heterocycles. The molecule has 3 heteroatoms. The lowest BCUT2D eigenvalue weighted by molar-refractivity contribution is -0.0488.